The molecule has 2 aliphatic heterocycles. The summed E-state index contributed by atoms with van der Waals surface area (Å²) in [6, 6.07) is 6.56. The van der Waals surface area contributed by atoms with Crippen LogP contribution >= 0.6 is 0 Å². The van der Waals surface area contributed by atoms with Crippen LogP contribution < -0.4 is 9.80 Å². The van der Waals surface area contributed by atoms with Gasteiger partial charge < -0.3 is 14.3 Å². The Bertz CT molecular complexity index is 900. The SMILES string of the molecule is c1noc(CN2CCN(c3ccc4ncnc(N5CCCC5)c4c3)CC2)n1. The van der Waals surface area contributed by atoms with Crippen LogP contribution in [-0.4, -0.2) is 64.3 Å². The second-order valence-electron chi connectivity index (χ2n) is 7.19. The molecule has 0 aliphatic carbocycles. The van der Waals surface area contributed by atoms with Crippen molar-refractivity contribution in [2.75, 3.05) is 49.1 Å². The molecule has 0 spiro atoms. The first kappa shape index (κ1) is 16.4. The maximum absolute atomic E-state index is 5.12. The van der Waals surface area contributed by atoms with Gasteiger partial charge in [-0.25, -0.2) is 9.97 Å². The summed E-state index contributed by atoms with van der Waals surface area (Å²) in [6.45, 7) is 6.81. The van der Waals surface area contributed by atoms with Gasteiger partial charge in [-0.15, -0.1) is 0 Å². The normalized spacial score (nSPS) is 18.5. The Kier molecular flexibility index (Phi) is 4.33. The fourth-order valence-electron chi connectivity index (χ4n) is 4.03. The Hall–Kier alpha value is -2.74. The smallest absolute Gasteiger partial charge is 0.240 e. The molecule has 8 nitrogen and oxygen atoms in total. The molecule has 0 N–H and O–H groups in total. The van der Waals surface area contributed by atoms with Crippen LogP contribution in [-0.2, 0) is 6.54 Å². The summed E-state index contributed by atoms with van der Waals surface area (Å²) in [5.41, 5.74) is 2.26. The van der Waals surface area contributed by atoms with Crippen LogP contribution in [0.15, 0.2) is 35.4 Å². The summed E-state index contributed by atoms with van der Waals surface area (Å²) in [4.78, 5) is 20.3. The van der Waals surface area contributed by atoms with Crippen LogP contribution in [0.4, 0.5) is 11.5 Å². The van der Waals surface area contributed by atoms with Crippen molar-refractivity contribution < 1.29 is 4.52 Å². The van der Waals surface area contributed by atoms with E-state index in [-0.39, 0.29) is 0 Å². The molecule has 0 radical (unpaired) electrons. The Morgan fingerprint density at radius 3 is 2.48 bits per heavy atom. The number of nitrogens with zero attached hydrogens (tertiary/aromatic N) is 7. The molecule has 1 aromatic carbocycles. The van der Waals surface area contributed by atoms with Crippen LogP contribution in [0.3, 0.4) is 0 Å². The zero-order valence-electron chi connectivity index (χ0n) is 15.3. The van der Waals surface area contributed by atoms with E-state index in [1.54, 1.807) is 6.33 Å². The van der Waals surface area contributed by atoms with E-state index >= 15 is 0 Å². The highest BCUT2D eigenvalue weighted by molar-refractivity contribution is 5.92. The molecule has 2 fully saturated rings. The summed E-state index contributed by atoms with van der Waals surface area (Å²) in [6.07, 6.45) is 5.63. The third kappa shape index (κ3) is 3.32. The number of hydrogen-bond donors (Lipinski definition) is 0. The second-order valence-corrected chi connectivity index (χ2v) is 7.19. The molecule has 8 heteroatoms. The first-order chi connectivity index (χ1) is 13.4. The number of fused-ring (bicyclic) bond motifs is 1. The lowest BCUT2D eigenvalue weighted by Crippen LogP contribution is -2.46. The van der Waals surface area contributed by atoms with Gasteiger partial charge in [0.1, 0.15) is 12.1 Å². The van der Waals surface area contributed by atoms with Gasteiger partial charge in [-0.3, -0.25) is 4.90 Å². The van der Waals surface area contributed by atoms with Crippen molar-refractivity contribution in [1.29, 1.82) is 0 Å². The van der Waals surface area contributed by atoms with Crippen molar-refractivity contribution in [1.82, 2.24) is 25.0 Å². The topological polar surface area (TPSA) is 74.4 Å². The largest absolute Gasteiger partial charge is 0.369 e. The first-order valence-electron chi connectivity index (χ1n) is 9.59. The average molecular weight is 365 g/mol. The number of aromatic nitrogens is 4. The fourth-order valence-corrected chi connectivity index (χ4v) is 4.03. The predicted octanol–water partition coefficient (Wildman–Crippen LogP) is 1.94. The van der Waals surface area contributed by atoms with E-state index in [0.29, 0.717) is 5.89 Å². The zero-order chi connectivity index (χ0) is 18.1. The molecule has 0 atom stereocenters. The minimum Gasteiger partial charge on any atom is -0.369 e. The number of benzene rings is 1. The number of anilines is 2. The van der Waals surface area contributed by atoms with Crippen molar-refractivity contribution in [3.63, 3.8) is 0 Å². The fraction of sp³-hybridized carbons (Fsp3) is 0.474. The molecule has 0 amide bonds. The third-order valence-electron chi connectivity index (χ3n) is 5.51. The van der Waals surface area contributed by atoms with Crippen LogP contribution in [0.5, 0.6) is 0 Å². The molecule has 2 aromatic heterocycles. The van der Waals surface area contributed by atoms with Gasteiger partial charge in [0.05, 0.1) is 12.1 Å². The molecule has 2 aliphatic rings. The first-order valence-corrected chi connectivity index (χ1v) is 9.59. The highest BCUT2D eigenvalue weighted by Crippen LogP contribution is 2.30. The Labute approximate surface area is 157 Å². The second kappa shape index (κ2) is 7.11. The molecular formula is C19H23N7O. The van der Waals surface area contributed by atoms with E-state index in [0.717, 1.165) is 62.5 Å². The summed E-state index contributed by atoms with van der Waals surface area (Å²) < 4.78 is 5.12. The molecule has 0 saturated carbocycles. The van der Waals surface area contributed by atoms with Crippen LogP contribution in [0, 0.1) is 0 Å². The van der Waals surface area contributed by atoms with Crippen LogP contribution in [0.25, 0.3) is 10.9 Å². The summed E-state index contributed by atoms with van der Waals surface area (Å²) in [5.74, 6) is 1.76. The molecule has 27 heavy (non-hydrogen) atoms. The highest BCUT2D eigenvalue weighted by Gasteiger charge is 2.21. The molecule has 0 bridgehead atoms. The van der Waals surface area contributed by atoms with Crippen molar-refractivity contribution in [3.8, 4) is 0 Å². The van der Waals surface area contributed by atoms with Crippen molar-refractivity contribution in [2.24, 2.45) is 0 Å². The van der Waals surface area contributed by atoms with E-state index < -0.39 is 0 Å². The molecule has 3 aromatic rings. The lowest BCUT2D eigenvalue weighted by molar-refractivity contribution is 0.215. The monoisotopic (exact) mass is 365 g/mol. The molecule has 4 heterocycles. The Morgan fingerprint density at radius 1 is 0.852 bits per heavy atom. The van der Waals surface area contributed by atoms with E-state index in [1.807, 2.05) is 0 Å². The number of hydrogen-bond acceptors (Lipinski definition) is 8. The molecule has 140 valence electrons. The maximum atomic E-state index is 5.12. The van der Waals surface area contributed by atoms with Gasteiger partial charge in [0, 0.05) is 50.3 Å². The summed E-state index contributed by atoms with van der Waals surface area (Å²) in [5, 5.41) is 4.84. The van der Waals surface area contributed by atoms with Crippen LogP contribution in [0.2, 0.25) is 0 Å². The summed E-state index contributed by atoms with van der Waals surface area (Å²) in [7, 11) is 0. The molecule has 5 rings (SSSR count). The molecule has 2 saturated heterocycles. The third-order valence-corrected chi connectivity index (χ3v) is 5.51. The maximum Gasteiger partial charge on any atom is 0.240 e. The number of piperazine rings is 1. The van der Waals surface area contributed by atoms with Gasteiger partial charge in [-0.1, -0.05) is 5.16 Å². The lowest BCUT2D eigenvalue weighted by atomic mass is 10.1. The van der Waals surface area contributed by atoms with Gasteiger partial charge in [0.15, 0.2) is 6.33 Å². The lowest BCUT2D eigenvalue weighted by Gasteiger charge is -2.35. The van der Waals surface area contributed by atoms with Crippen LogP contribution in [0.1, 0.15) is 18.7 Å². The van der Waals surface area contributed by atoms with E-state index in [9.17, 15) is 0 Å². The number of rotatable bonds is 4. The summed E-state index contributed by atoms with van der Waals surface area (Å²) >= 11 is 0. The van der Waals surface area contributed by atoms with Gasteiger partial charge in [-0.05, 0) is 31.0 Å². The quantitative estimate of drug-likeness (QED) is 0.694. The standard InChI is InChI=1S/C19H23N7O/c1-2-6-26(5-1)19-16-11-15(3-4-17(16)20-13-22-19)25-9-7-24(8-10-25)12-18-21-14-23-27-18/h3-4,11,13-14H,1-2,5-10,12H2. The Morgan fingerprint density at radius 2 is 1.70 bits per heavy atom. The predicted molar refractivity (Wildman–Crippen MR) is 103 cm³/mol. The van der Waals surface area contributed by atoms with Crippen molar-refractivity contribution in [3.05, 3.63) is 36.7 Å². The van der Waals surface area contributed by atoms with E-state index in [4.69, 9.17) is 4.52 Å². The van der Waals surface area contributed by atoms with Crippen molar-refractivity contribution >= 4 is 22.4 Å². The van der Waals surface area contributed by atoms with Gasteiger partial charge in [0.25, 0.3) is 0 Å². The minimum absolute atomic E-state index is 0.682. The molecular weight excluding hydrogens is 342 g/mol. The zero-order valence-corrected chi connectivity index (χ0v) is 15.3. The van der Waals surface area contributed by atoms with Gasteiger partial charge in [0.2, 0.25) is 5.89 Å². The highest BCUT2D eigenvalue weighted by atomic mass is 16.5. The van der Waals surface area contributed by atoms with E-state index in [2.05, 4.69) is 53.0 Å². The average Bonchev–Trinajstić information content (AvgIpc) is 3.42. The Balaban J connectivity index is 1.34. The minimum atomic E-state index is 0.682. The van der Waals surface area contributed by atoms with Gasteiger partial charge in [-0.2, -0.15) is 4.98 Å². The molecule has 0 unspecified atom stereocenters. The van der Waals surface area contributed by atoms with Crippen molar-refractivity contribution in [2.45, 2.75) is 19.4 Å². The van der Waals surface area contributed by atoms with E-state index in [1.165, 1.54) is 24.9 Å². The van der Waals surface area contributed by atoms with Gasteiger partial charge >= 0.3 is 0 Å².